The molecular weight excluding hydrogens is 228 g/mol. The van der Waals surface area contributed by atoms with Gasteiger partial charge >= 0.3 is 0 Å². The SMILES string of the molecule is Cc1ccc(C(=O)N(C)CC2CCCN2)cc1O. The number of nitrogens with one attached hydrogen (secondary N) is 1. The van der Waals surface area contributed by atoms with Gasteiger partial charge in [0.15, 0.2) is 0 Å². The minimum absolute atomic E-state index is 0.0426. The second-order valence-corrected chi connectivity index (χ2v) is 4.98. The Balaban J connectivity index is 2.02. The van der Waals surface area contributed by atoms with Gasteiger partial charge in [-0.25, -0.2) is 0 Å². The average Bonchev–Trinajstić information content (AvgIpc) is 2.84. The monoisotopic (exact) mass is 248 g/mol. The second kappa shape index (κ2) is 5.40. The van der Waals surface area contributed by atoms with Gasteiger partial charge in [0, 0.05) is 25.2 Å². The zero-order valence-electron chi connectivity index (χ0n) is 10.9. The molecule has 1 unspecified atom stereocenters. The quantitative estimate of drug-likeness (QED) is 0.853. The number of aromatic hydroxyl groups is 1. The summed E-state index contributed by atoms with van der Waals surface area (Å²) in [5.41, 5.74) is 1.32. The smallest absolute Gasteiger partial charge is 0.253 e. The van der Waals surface area contributed by atoms with Gasteiger partial charge in [-0.2, -0.15) is 0 Å². The molecule has 0 radical (unpaired) electrons. The first kappa shape index (κ1) is 12.9. The molecule has 1 aliphatic rings. The van der Waals surface area contributed by atoms with Crippen LogP contribution in [0, 0.1) is 6.92 Å². The van der Waals surface area contributed by atoms with Crippen LogP contribution in [-0.4, -0.2) is 42.1 Å². The van der Waals surface area contributed by atoms with E-state index in [-0.39, 0.29) is 11.7 Å². The van der Waals surface area contributed by atoms with Gasteiger partial charge in [-0.15, -0.1) is 0 Å². The summed E-state index contributed by atoms with van der Waals surface area (Å²) in [4.78, 5) is 13.9. The van der Waals surface area contributed by atoms with E-state index in [9.17, 15) is 9.90 Å². The Hall–Kier alpha value is -1.55. The van der Waals surface area contributed by atoms with Crippen LogP contribution < -0.4 is 5.32 Å². The Kier molecular flexibility index (Phi) is 3.87. The lowest BCUT2D eigenvalue weighted by molar-refractivity contribution is 0.0783. The molecular formula is C14H20N2O2. The van der Waals surface area contributed by atoms with Crippen molar-refractivity contribution < 1.29 is 9.90 Å². The Morgan fingerprint density at radius 1 is 1.56 bits per heavy atom. The number of rotatable bonds is 3. The number of nitrogens with zero attached hydrogens (tertiary/aromatic N) is 1. The minimum Gasteiger partial charge on any atom is -0.508 e. The fourth-order valence-electron chi connectivity index (χ4n) is 2.29. The minimum atomic E-state index is -0.0426. The molecule has 2 N–H and O–H groups in total. The number of amides is 1. The first-order valence-electron chi connectivity index (χ1n) is 6.36. The molecule has 1 saturated heterocycles. The number of phenols is 1. The number of phenolic OH excluding ortho intramolecular Hbond substituents is 1. The van der Waals surface area contributed by atoms with Crippen molar-refractivity contribution in [3.8, 4) is 5.75 Å². The highest BCUT2D eigenvalue weighted by atomic mass is 16.3. The predicted octanol–water partition coefficient (Wildman–Crippen LogP) is 1.52. The van der Waals surface area contributed by atoms with E-state index in [0.29, 0.717) is 18.2 Å². The Morgan fingerprint density at radius 3 is 2.94 bits per heavy atom. The predicted molar refractivity (Wildman–Crippen MR) is 70.8 cm³/mol. The molecule has 2 rings (SSSR count). The van der Waals surface area contributed by atoms with E-state index < -0.39 is 0 Å². The van der Waals surface area contributed by atoms with Gasteiger partial charge in [0.2, 0.25) is 0 Å². The van der Waals surface area contributed by atoms with Crippen molar-refractivity contribution in [2.45, 2.75) is 25.8 Å². The Labute approximate surface area is 108 Å². The summed E-state index contributed by atoms with van der Waals surface area (Å²) in [7, 11) is 1.80. The summed E-state index contributed by atoms with van der Waals surface area (Å²) >= 11 is 0. The maximum atomic E-state index is 12.2. The first-order valence-corrected chi connectivity index (χ1v) is 6.36. The molecule has 0 aromatic heterocycles. The molecule has 0 saturated carbocycles. The van der Waals surface area contributed by atoms with Crippen molar-refractivity contribution >= 4 is 5.91 Å². The van der Waals surface area contributed by atoms with E-state index in [1.54, 1.807) is 24.1 Å². The topological polar surface area (TPSA) is 52.6 Å². The van der Waals surface area contributed by atoms with Gasteiger partial charge in [0.05, 0.1) is 0 Å². The van der Waals surface area contributed by atoms with Crippen molar-refractivity contribution in [1.29, 1.82) is 0 Å². The largest absolute Gasteiger partial charge is 0.508 e. The van der Waals surface area contributed by atoms with Crippen LogP contribution in [0.4, 0.5) is 0 Å². The van der Waals surface area contributed by atoms with Crippen LogP contribution in [0.5, 0.6) is 5.75 Å². The molecule has 98 valence electrons. The van der Waals surface area contributed by atoms with Crippen molar-refractivity contribution in [2.75, 3.05) is 20.1 Å². The third-order valence-electron chi connectivity index (χ3n) is 3.46. The summed E-state index contributed by atoms with van der Waals surface area (Å²) in [5.74, 6) is 0.132. The zero-order valence-corrected chi connectivity index (χ0v) is 10.9. The molecule has 18 heavy (non-hydrogen) atoms. The molecule has 4 nitrogen and oxygen atoms in total. The van der Waals surface area contributed by atoms with Crippen molar-refractivity contribution in [3.05, 3.63) is 29.3 Å². The van der Waals surface area contributed by atoms with E-state index >= 15 is 0 Å². The second-order valence-electron chi connectivity index (χ2n) is 4.98. The first-order chi connectivity index (χ1) is 8.58. The Morgan fingerprint density at radius 2 is 2.33 bits per heavy atom. The van der Waals surface area contributed by atoms with E-state index in [2.05, 4.69) is 5.32 Å². The average molecular weight is 248 g/mol. The van der Waals surface area contributed by atoms with Crippen LogP contribution in [0.15, 0.2) is 18.2 Å². The highest BCUT2D eigenvalue weighted by molar-refractivity contribution is 5.94. The van der Waals surface area contributed by atoms with E-state index in [1.807, 2.05) is 6.92 Å². The molecule has 4 heteroatoms. The van der Waals surface area contributed by atoms with Crippen LogP contribution in [-0.2, 0) is 0 Å². The van der Waals surface area contributed by atoms with Gasteiger partial charge in [-0.1, -0.05) is 6.07 Å². The number of hydrogen-bond donors (Lipinski definition) is 2. The lowest BCUT2D eigenvalue weighted by Gasteiger charge is -2.21. The molecule has 1 fully saturated rings. The third kappa shape index (κ3) is 2.82. The lowest BCUT2D eigenvalue weighted by atomic mass is 10.1. The molecule has 1 atom stereocenters. The van der Waals surface area contributed by atoms with Crippen LogP contribution in [0.1, 0.15) is 28.8 Å². The molecule has 1 aliphatic heterocycles. The Bertz CT molecular complexity index is 439. The highest BCUT2D eigenvalue weighted by Crippen LogP contribution is 2.18. The number of carbonyl (C=O) groups is 1. The highest BCUT2D eigenvalue weighted by Gasteiger charge is 2.19. The maximum Gasteiger partial charge on any atom is 0.253 e. The van der Waals surface area contributed by atoms with Crippen LogP contribution in [0.3, 0.4) is 0 Å². The molecule has 1 heterocycles. The normalized spacial score (nSPS) is 18.9. The van der Waals surface area contributed by atoms with E-state index in [4.69, 9.17) is 0 Å². The molecule has 1 aromatic rings. The summed E-state index contributed by atoms with van der Waals surface area (Å²) < 4.78 is 0. The van der Waals surface area contributed by atoms with Crippen LogP contribution >= 0.6 is 0 Å². The molecule has 1 aromatic carbocycles. The van der Waals surface area contributed by atoms with Crippen LogP contribution in [0.25, 0.3) is 0 Å². The zero-order chi connectivity index (χ0) is 13.1. The van der Waals surface area contributed by atoms with Gasteiger partial charge in [0.1, 0.15) is 5.75 Å². The number of carbonyl (C=O) groups excluding carboxylic acids is 1. The number of likely N-dealkylation sites (N-methyl/N-ethyl adjacent to an activating group) is 1. The molecule has 0 bridgehead atoms. The van der Waals surface area contributed by atoms with Crippen LogP contribution in [0.2, 0.25) is 0 Å². The van der Waals surface area contributed by atoms with Gasteiger partial charge < -0.3 is 15.3 Å². The van der Waals surface area contributed by atoms with E-state index in [0.717, 1.165) is 18.5 Å². The number of aryl methyl sites for hydroxylation is 1. The summed E-state index contributed by atoms with van der Waals surface area (Å²) in [6.45, 7) is 3.57. The lowest BCUT2D eigenvalue weighted by Crippen LogP contribution is -2.38. The van der Waals surface area contributed by atoms with Crippen molar-refractivity contribution in [3.63, 3.8) is 0 Å². The van der Waals surface area contributed by atoms with Gasteiger partial charge in [-0.3, -0.25) is 4.79 Å². The molecule has 1 amide bonds. The third-order valence-corrected chi connectivity index (χ3v) is 3.46. The number of hydrogen-bond acceptors (Lipinski definition) is 3. The maximum absolute atomic E-state index is 12.2. The van der Waals surface area contributed by atoms with Gasteiger partial charge in [-0.05, 0) is 44.0 Å². The molecule has 0 spiro atoms. The summed E-state index contributed by atoms with van der Waals surface area (Å²) in [6, 6.07) is 5.47. The van der Waals surface area contributed by atoms with Gasteiger partial charge in [0.25, 0.3) is 5.91 Å². The summed E-state index contributed by atoms with van der Waals surface area (Å²) in [6.07, 6.45) is 2.30. The fourth-order valence-corrected chi connectivity index (χ4v) is 2.29. The standard InChI is InChI=1S/C14H20N2O2/c1-10-5-6-11(8-13(10)17)14(18)16(2)9-12-4-3-7-15-12/h5-6,8,12,15,17H,3-4,7,9H2,1-2H3. The summed E-state index contributed by atoms with van der Waals surface area (Å²) in [5, 5.41) is 13.0. The molecule has 0 aliphatic carbocycles. The fraction of sp³-hybridized carbons (Fsp3) is 0.500. The van der Waals surface area contributed by atoms with Crippen molar-refractivity contribution in [1.82, 2.24) is 10.2 Å². The number of benzene rings is 1. The van der Waals surface area contributed by atoms with E-state index in [1.165, 1.54) is 12.5 Å². The van der Waals surface area contributed by atoms with Crippen molar-refractivity contribution in [2.24, 2.45) is 0 Å².